The predicted octanol–water partition coefficient (Wildman–Crippen LogP) is 1.14. The smallest absolute Gasteiger partial charge is 0.251 e. The molecule has 0 spiro atoms. The molecule has 1 saturated heterocycles. The molecular formula is C11H13ClN2O2. The first-order valence-electron chi connectivity index (χ1n) is 5.17. The maximum atomic E-state index is 11.8. The summed E-state index contributed by atoms with van der Waals surface area (Å²) >= 11 is 5.73. The van der Waals surface area contributed by atoms with Gasteiger partial charge in [-0.3, -0.25) is 4.79 Å². The average Bonchev–Trinajstić information content (AvgIpc) is 2.74. The number of phenols is 1. The lowest BCUT2D eigenvalue weighted by Gasteiger charge is -2.11. The van der Waals surface area contributed by atoms with Gasteiger partial charge in [0.2, 0.25) is 0 Å². The first kappa shape index (κ1) is 11.2. The molecule has 1 heterocycles. The molecule has 2 rings (SSSR count). The molecule has 1 aliphatic rings. The minimum atomic E-state index is -0.157. The van der Waals surface area contributed by atoms with E-state index in [9.17, 15) is 9.90 Å². The number of phenolic OH excluding ortho intramolecular Hbond substituents is 1. The second-order valence-corrected chi connectivity index (χ2v) is 4.24. The maximum absolute atomic E-state index is 11.8. The zero-order chi connectivity index (χ0) is 11.5. The van der Waals surface area contributed by atoms with E-state index in [2.05, 4.69) is 10.6 Å². The molecule has 0 saturated carbocycles. The van der Waals surface area contributed by atoms with Crippen LogP contribution in [0.25, 0.3) is 0 Å². The van der Waals surface area contributed by atoms with E-state index in [1.807, 2.05) is 0 Å². The van der Waals surface area contributed by atoms with Gasteiger partial charge in [0.1, 0.15) is 5.75 Å². The lowest BCUT2D eigenvalue weighted by Crippen LogP contribution is -2.36. The molecule has 1 fully saturated rings. The topological polar surface area (TPSA) is 61.4 Å². The summed E-state index contributed by atoms with van der Waals surface area (Å²) in [4.78, 5) is 11.8. The van der Waals surface area contributed by atoms with Crippen LogP contribution in [0.2, 0.25) is 5.02 Å². The predicted molar refractivity (Wildman–Crippen MR) is 61.9 cm³/mol. The highest BCUT2D eigenvalue weighted by Crippen LogP contribution is 2.23. The first-order chi connectivity index (χ1) is 7.66. The number of halogens is 1. The Morgan fingerprint density at radius 2 is 2.38 bits per heavy atom. The molecule has 1 aromatic rings. The summed E-state index contributed by atoms with van der Waals surface area (Å²) in [6.07, 6.45) is 0.942. The third-order valence-electron chi connectivity index (χ3n) is 2.61. The molecule has 1 aliphatic heterocycles. The van der Waals surface area contributed by atoms with Crippen LogP contribution in [0.15, 0.2) is 18.2 Å². The number of hydrogen-bond donors (Lipinski definition) is 3. The van der Waals surface area contributed by atoms with Gasteiger partial charge >= 0.3 is 0 Å². The second-order valence-electron chi connectivity index (χ2n) is 3.83. The Labute approximate surface area is 98.6 Å². The summed E-state index contributed by atoms with van der Waals surface area (Å²) in [6, 6.07) is 4.62. The Morgan fingerprint density at radius 3 is 3.00 bits per heavy atom. The van der Waals surface area contributed by atoms with Gasteiger partial charge in [0.15, 0.2) is 0 Å². The number of rotatable bonds is 2. The fourth-order valence-corrected chi connectivity index (χ4v) is 1.88. The van der Waals surface area contributed by atoms with Gasteiger partial charge < -0.3 is 15.7 Å². The van der Waals surface area contributed by atoms with E-state index in [0.717, 1.165) is 19.5 Å². The van der Waals surface area contributed by atoms with Crippen molar-refractivity contribution < 1.29 is 9.90 Å². The molecule has 0 bridgehead atoms. The Balaban J connectivity index is 2.05. The molecule has 4 nitrogen and oxygen atoms in total. The van der Waals surface area contributed by atoms with E-state index in [0.29, 0.717) is 5.56 Å². The first-order valence-corrected chi connectivity index (χ1v) is 5.54. The van der Waals surface area contributed by atoms with E-state index < -0.39 is 0 Å². The van der Waals surface area contributed by atoms with Crippen LogP contribution in [-0.4, -0.2) is 30.1 Å². The number of benzene rings is 1. The molecule has 86 valence electrons. The molecule has 1 atom stereocenters. The highest BCUT2D eigenvalue weighted by atomic mass is 35.5. The number of hydrogen-bond acceptors (Lipinski definition) is 3. The fourth-order valence-electron chi connectivity index (χ4n) is 1.69. The van der Waals surface area contributed by atoms with Crippen molar-refractivity contribution in [3.05, 3.63) is 28.8 Å². The van der Waals surface area contributed by atoms with Crippen LogP contribution in [0.1, 0.15) is 16.8 Å². The summed E-state index contributed by atoms with van der Waals surface area (Å²) in [5, 5.41) is 15.5. The molecular weight excluding hydrogens is 228 g/mol. The van der Waals surface area contributed by atoms with Gasteiger partial charge in [0, 0.05) is 18.2 Å². The van der Waals surface area contributed by atoms with Gasteiger partial charge in [-0.05, 0) is 31.2 Å². The fraction of sp³-hybridized carbons (Fsp3) is 0.364. The van der Waals surface area contributed by atoms with Crippen LogP contribution in [0, 0.1) is 0 Å². The summed E-state index contributed by atoms with van der Waals surface area (Å²) in [7, 11) is 0. The molecule has 3 N–H and O–H groups in total. The van der Waals surface area contributed by atoms with Crippen molar-refractivity contribution in [1.82, 2.24) is 10.6 Å². The largest absolute Gasteiger partial charge is 0.506 e. The number of nitrogens with one attached hydrogen (secondary N) is 2. The third-order valence-corrected chi connectivity index (χ3v) is 2.91. The summed E-state index contributed by atoms with van der Waals surface area (Å²) in [5.41, 5.74) is 0.467. The highest BCUT2D eigenvalue weighted by Gasteiger charge is 2.17. The van der Waals surface area contributed by atoms with E-state index in [1.54, 1.807) is 6.07 Å². The molecule has 0 aliphatic carbocycles. The zero-order valence-corrected chi connectivity index (χ0v) is 9.42. The molecule has 0 radical (unpaired) electrons. The standard InChI is InChI=1S/C11H13ClN2O2/c12-9-5-7(1-2-10(9)15)11(16)14-8-3-4-13-6-8/h1-2,5,8,13,15H,3-4,6H2,(H,14,16)/t8-/m0/s1. The van der Waals surface area contributed by atoms with Crippen molar-refractivity contribution in [2.75, 3.05) is 13.1 Å². The zero-order valence-electron chi connectivity index (χ0n) is 8.66. The molecule has 1 aromatic carbocycles. The number of aromatic hydroxyl groups is 1. The quantitative estimate of drug-likeness (QED) is 0.727. The molecule has 1 amide bonds. The lowest BCUT2D eigenvalue weighted by atomic mass is 10.2. The van der Waals surface area contributed by atoms with E-state index in [-0.39, 0.29) is 22.7 Å². The number of carbonyl (C=O) groups is 1. The Morgan fingerprint density at radius 1 is 1.56 bits per heavy atom. The molecule has 0 unspecified atom stereocenters. The van der Waals surface area contributed by atoms with Crippen molar-refractivity contribution in [2.24, 2.45) is 0 Å². The van der Waals surface area contributed by atoms with Crippen molar-refractivity contribution in [2.45, 2.75) is 12.5 Å². The van der Waals surface area contributed by atoms with Crippen molar-refractivity contribution in [3.63, 3.8) is 0 Å². The van der Waals surface area contributed by atoms with Crippen molar-refractivity contribution in [3.8, 4) is 5.75 Å². The third kappa shape index (κ3) is 2.46. The molecule has 0 aromatic heterocycles. The van der Waals surface area contributed by atoms with Gasteiger partial charge in [-0.1, -0.05) is 11.6 Å². The van der Waals surface area contributed by atoms with Crippen molar-refractivity contribution >= 4 is 17.5 Å². The molecule has 5 heteroatoms. The number of carbonyl (C=O) groups excluding carboxylic acids is 1. The van der Waals surface area contributed by atoms with E-state index >= 15 is 0 Å². The molecule has 16 heavy (non-hydrogen) atoms. The van der Waals surface area contributed by atoms with Crippen LogP contribution in [0.3, 0.4) is 0 Å². The lowest BCUT2D eigenvalue weighted by molar-refractivity contribution is 0.0940. The summed E-state index contributed by atoms with van der Waals surface area (Å²) in [6.45, 7) is 1.73. The SMILES string of the molecule is O=C(N[C@H]1CCNC1)c1ccc(O)c(Cl)c1. The van der Waals surface area contributed by atoms with Gasteiger partial charge in [0.25, 0.3) is 5.91 Å². The highest BCUT2D eigenvalue weighted by molar-refractivity contribution is 6.32. The van der Waals surface area contributed by atoms with Gasteiger partial charge in [-0.15, -0.1) is 0 Å². The van der Waals surface area contributed by atoms with Crippen LogP contribution < -0.4 is 10.6 Å². The van der Waals surface area contributed by atoms with Crippen LogP contribution in [0.4, 0.5) is 0 Å². The van der Waals surface area contributed by atoms with Gasteiger partial charge in [-0.2, -0.15) is 0 Å². The minimum Gasteiger partial charge on any atom is -0.506 e. The van der Waals surface area contributed by atoms with E-state index in [1.165, 1.54) is 12.1 Å². The Hall–Kier alpha value is -1.26. The summed E-state index contributed by atoms with van der Waals surface area (Å²) in [5.74, 6) is -0.170. The van der Waals surface area contributed by atoms with E-state index in [4.69, 9.17) is 11.6 Å². The van der Waals surface area contributed by atoms with Crippen molar-refractivity contribution in [1.29, 1.82) is 0 Å². The van der Waals surface area contributed by atoms with Gasteiger partial charge in [0.05, 0.1) is 5.02 Å². The maximum Gasteiger partial charge on any atom is 0.251 e. The van der Waals surface area contributed by atoms with Gasteiger partial charge in [-0.25, -0.2) is 0 Å². The van der Waals surface area contributed by atoms with Crippen LogP contribution in [0.5, 0.6) is 5.75 Å². The Kier molecular flexibility index (Phi) is 3.31. The normalized spacial score (nSPS) is 19.7. The second kappa shape index (κ2) is 4.72. The number of amides is 1. The minimum absolute atomic E-state index is 0.0132. The summed E-state index contributed by atoms with van der Waals surface area (Å²) < 4.78 is 0. The van der Waals surface area contributed by atoms with Crippen LogP contribution in [-0.2, 0) is 0 Å². The monoisotopic (exact) mass is 240 g/mol. The Bertz CT molecular complexity index is 403. The van der Waals surface area contributed by atoms with Crippen LogP contribution >= 0.6 is 11.6 Å². The average molecular weight is 241 g/mol.